The van der Waals surface area contributed by atoms with E-state index >= 15 is 0 Å². The lowest BCUT2D eigenvalue weighted by Crippen LogP contribution is -2.33. The Morgan fingerprint density at radius 1 is 1.05 bits per heavy atom. The molecule has 1 aliphatic rings. The molecule has 1 atom stereocenters. The topological polar surface area (TPSA) is 46.3 Å². The Labute approximate surface area is 137 Å². The monoisotopic (exact) mass is 316 g/mol. The first-order valence-corrected chi connectivity index (χ1v) is 7.34. The Balaban J connectivity index is 0.00000176. The first-order chi connectivity index (χ1) is 10.1. The number of fused-ring (bicyclic) bond motifs is 3. The smallest absolute Gasteiger partial charge is 0.224 e. The van der Waals surface area contributed by atoms with Gasteiger partial charge in [-0.1, -0.05) is 48.5 Å². The number of nitrogens with zero attached hydrogens (tertiary/aromatic N) is 1. The van der Waals surface area contributed by atoms with E-state index in [2.05, 4.69) is 36.4 Å². The Morgan fingerprint density at radius 3 is 1.95 bits per heavy atom. The third-order valence-corrected chi connectivity index (χ3v) is 3.90. The van der Waals surface area contributed by atoms with E-state index in [1.165, 1.54) is 22.3 Å². The molecule has 0 spiro atoms. The van der Waals surface area contributed by atoms with Gasteiger partial charge >= 0.3 is 0 Å². The number of rotatable bonds is 2. The van der Waals surface area contributed by atoms with Gasteiger partial charge in [-0.3, -0.25) is 4.79 Å². The SMILES string of the molecule is CC(N)CC(=O)N1Cc2ccccc2-c2ccccc2C1.Cl. The van der Waals surface area contributed by atoms with Gasteiger partial charge in [-0.25, -0.2) is 0 Å². The Bertz CT molecular complexity index is 622. The van der Waals surface area contributed by atoms with Crippen LogP contribution in [0.4, 0.5) is 0 Å². The molecule has 0 saturated heterocycles. The predicted octanol–water partition coefficient (Wildman–Crippen LogP) is 3.35. The summed E-state index contributed by atoms with van der Waals surface area (Å²) in [7, 11) is 0. The number of carbonyl (C=O) groups excluding carboxylic acids is 1. The van der Waals surface area contributed by atoms with Crippen molar-refractivity contribution in [1.82, 2.24) is 4.90 Å². The van der Waals surface area contributed by atoms with Gasteiger partial charge in [-0.05, 0) is 29.2 Å². The minimum Gasteiger partial charge on any atom is -0.334 e. The molecule has 22 heavy (non-hydrogen) atoms. The van der Waals surface area contributed by atoms with Crippen molar-refractivity contribution in [2.45, 2.75) is 32.5 Å². The van der Waals surface area contributed by atoms with Gasteiger partial charge < -0.3 is 10.6 Å². The summed E-state index contributed by atoms with van der Waals surface area (Å²) in [5.74, 6) is 0.122. The highest BCUT2D eigenvalue weighted by Crippen LogP contribution is 2.32. The van der Waals surface area contributed by atoms with Gasteiger partial charge in [-0.15, -0.1) is 12.4 Å². The van der Waals surface area contributed by atoms with Crippen molar-refractivity contribution in [1.29, 1.82) is 0 Å². The van der Waals surface area contributed by atoms with E-state index in [0.29, 0.717) is 19.5 Å². The summed E-state index contributed by atoms with van der Waals surface area (Å²) in [5, 5.41) is 0. The molecule has 0 saturated carbocycles. The molecule has 0 radical (unpaired) electrons. The van der Waals surface area contributed by atoms with E-state index in [4.69, 9.17) is 5.73 Å². The second-order valence-corrected chi connectivity index (χ2v) is 5.75. The molecule has 1 amide bonds. The quantitative estimate of drug-likeness (QED) is 0.923. The molecule has 3 nitrogen and oxygen atoms in total. The summed E-state index contributed by atoms with van der Waals surface area (Å²) in [5.41, 5.74) is 10.6. The third kappa shape index (κ3) is 3.32. The van der Waals surface area contributed by atoms with Crippen LogP contribution < -0.4 is 5.73 Å². The van der Waals surface area contributed by atoms with Crippen molar-refractivity contribution >= 4 is 18.3 Å². The van der Waals surface area contributed by atoms with E-state index in [-0.39, 0.29) is 24.4 Å². The number of halogens is 1. The summed E-state index contributed by atoms with van der Waals surface area (Å²) < 4.78 is 0. The maximum absolute atomic E-state index is 12.4. The van der Waals surface area contributed by atoms with Crippen LogP contribution in [0.1, 0.15) is 24.5 Å². The van der Waals surface area contributed by atoms with Crippen LogP contribution in [0.2, 0.25) is 0 Å². The zero-order valence-electron chi connectivity index (χ0n) is 12.7. The number of hydrogen-bond acceptors (Lipinski definition) is 2. The molecule has 0 aliphatic carbocycles. The summed E-state index contributed by atoms with van der Waals surface area (Å²) in [4.78, 5) is 14.3. The minimum absolute atomic E-state index is 0. The second-order valence-electron chi connectivity index (χ2n) is 5.75. The molecule has 0 bridgehead atoms. The number of amides is 1. The zero-order chi connectivity index (χ0) is 14.8. The van der Waals surface area contributed by atoms with Gasteiger partial charge in [0, 0.05) is 25.6 Å². The van der Waals surface area contributed by atoms with Crippen LogP contribution in [0, 0.1) is 0 Å². The fourth-order valence-electron chi connectivity index (χ4n) is 2.89. The lowest BCUT2D eigenvalue weighted by molar-refractivity contribution is -0.132. The van der Waals surface area contributed by atoms with Crippen LogP contribution in [0.25, 0.3) is 11.1 Å². The first kappa shape index (κ1) is 16.5. The molecule has 1 unspecified atom stereocenters. The summed E-state index contributed by atoms with van der Waals surface area (Å²) in [6.07, 6.45) is 0.393. The van der Waals surface area contributed by atoms with Crippen molar-refractivity contribution in [2.24, 2.45) is 5.73 Å². The fraction of sp³-hybridized carbons (Fsp3) is 0.278. The fourth-order valence-corrected chi connectivity index (χ4v) is 2.89. The van der Waals surface area contributed by atoms with Crippen LogP contribution in [0.5, 0.6) is 0 Å². The molecular weight excluding hydrogens is 296 g/mol. The molecule has 1 heterocycles. The van der Waals surface area contributed by atoms with Crippen molar-refractivity contribution in [2.75, 3.05) is 0 Å². The molecule has 0 aromatic heterocycles. The molecule has 116 valence electrons. The molecule has 0 fully saturated rings. The van der Waals surface area contributed by atoms with Crippen LogP contribution in [-0.2, 0) is 17.9 Å². The van der Waals surface area contributed by atoms with Gasteiger partial charge in [-0.2, -0.15) is 0 Å². The summed E-state index contributed by atoms with van der Waals surface area (Å²) in [6, 6.07) is 16.5. The van der Waals surface area contributed by atoms with Gasteiger partial charge in [0.2, 0.25) is 5.91 Å². The third-order valence-electron chi connectivity index (χ3n) is 3.90. The highest BCUT2D eigenvalue weighted by atomic mass is 35.5. The molecule has 2 aromatic rings. The van der Waals surface area contributed by atoms with E-state index in [0.717, 1.165) is 0 Å². The zero-order valence-corrected chi connectivity index (χ0v) is 13.5. The molecule has 1 aliphatic heterocycles. The Morgan fingerprint density at radius 2 is 1.50 bits per heavy atom. The van der Waals surface area contributed by atoms with E-state index in [9.17, 15) is 4.79 Å². The summed E-state index contributed by atoms with van der Waals surface area (Å²) in [6.45, 7) is 3.17. The molecule has 4 heteroatoms. The van der Waals surface area contributed by atoms with Crippen LogP contribution in [0.15, 0.2) is 48.5 Å². The van der Waals surface area contributed by atoms with Gasteiger partial charge in [0.1, 0.15) is 0 Å². The lowest BCUT2D eigenvalue weighted by atomic mass is 9.97. The van der Waals surface area contributed by atoms with Gasteiger partial charge in [0.05, 0.1) is 0 Å². The maximum Gasteiger partial charge on any atom is 0.224 e. The predicted molar refractivity (Wildman–Crippen MR) is 91.6 cm³/mol. The second kappa shape index (κ2) is 6.95. The number of nitrogens with two attached hydrogens (primary N) is 1. The van der Waals surface area contributed by atoms with Crippen LogP contribution in [-0.4, -0.2) is 16.8 Å². The van der Waals surface area contributed by atoms with Gasteiger partial charge in [0.25, 0.3) is 0 Å². The van der Waals surface area contributed by atoms with Crippen molar-refractivity contribution in [3.63, 3.8) is 0 Å². The number of carbonyl (C=O) groups is 1. The largest absolute Gasteiger partial charge is 0.334 e. The molecule has 3 rings (SSSR count). The standard InChI is InChI=1S/C18H20N2O.ClH/c1-13(19)10-18(21)20-11-14-6-2-4-8-16(14)17-9-5-3-7-15(17)12-20;/h2-9,13H,10-12,19H2,1H3;1H. The molecule has 2 N–H and O–H groups in total. The first-order valence-electron chi connectivity index (χ1n) is 7.34. The van der Waals surface area contributed by atoms with Crippen molar-refractivity contribution in [3.05, 3.63) is 59.7 Å². The van der Waals surface area contributed by atoms with E-state index in [1.54, 1.807) is 0 Å². The summed E-state index contributed by atoms with van der Waals surface area (Å²) >= 11 is 0. The minimum atomic E-state index is -0.105. The van der Waals surface area contributed by atoms with Gasteiger partial charge in [0.15, 0.2) is 0 Å². The average Bonchev–Trinajstić information content (AvgIpc) is 2.63. The van der Waals surface area contributed by atoms with E-state index in [1.807, 2.05) is 24.0 Å². The maximum atomic E-state index is 12.4. The number of hydrogen-bond donors (Lipinski definition) is 1. The van der Waals surface area contributed by atoms with E-state index < -0.39 is 0 Å². The Kier molecular flexibility index (Phi) is 5.22. The number of benzene rings is 2. The lowest BCUT2D eigenvalue weighted by Gasteiger charge is -2.22. The highest BCUT2D eigenvalue weighted by Gasteiger charge is 2.22. The Hall–Kier alpha value is -1.84. The van der Waals surface area contributed by atoms with Crippen molar-refractivity contribution in [3.8, 4) is 11.1 Å². The van der Waals surface area contributed by atoms with Crippen LogP contribution >= 0.6 is 12.4 Å². The molecule has 2 aromatic carbocycles. The average molecular weight is 317 g/mol. The van der Waals surface area contributed by atoms with Crippen molar-refractivity contribution < 1.29 is 4.79 Å². The molecular formula is C18H21ClN2O. The normalized spacial score (nSPS) is 14.2. The van der Waals surface area contributed by atoms with Crippen LogP contribution in [0.3, 0.4) is 0 Å². The highest BCUT2D eigenvalue weighted by molar-refractivity contribution is 5.85.